The lowest BCUT2D eigenvalue weighted by Gasteiger charge is -1.86. The zero-order valence-corrected chi connectivity index (χ0v) is 2.97. The average Bonchev–Trinajstić information content (AvgIpc) is 1.78. The zero-order valence-electron chi connectivity index (χ0n) is 2.97. The fourth-order valence-corrected chi connectivity index (χ4v) is 0.407. The van der Waals surface area contributed by atoms with Crippen molar-refractivity contribution >= 4 is 0 Å². The van der Waals surface area contributed by atoms with E-state index in [0.29, 0.717) is 0 Å². The van der Waals surface area contributed by atoms with Crippen LogP contribution in [0, 0.1) is 0 Å². The minimum Gasteiger partial charge on any atom is -0.279 e. The summed E-state index contributed by atoms with van der Waals surface area (Å²) in [5, 5.41) is 0. The SMILES string of the molecule is NC12OC1(N)O2. The Bertz CT molecular complexity index is 94.1. The van der Waals surface area contributed by atoms with E-state index >= 15 is 0 Å². The molecule has 0 atom stereocenters. The minimum absolute atomic E-state index is 0.868. The largest absolute Gasteiger partial charge is 0.305 e. The van der Waals surface area contributed by atoms with Gasteiger partial charge in [-0.25, -0.2) is 0 Å². The number of rotatable bonds is 0. The van der Waals surface area contributed by atoms with E-state index in [2.05, 4.69) is 9.47 Å². The Morgan fingerprint density at radius 3 is 1.17 bits per heavy atom. The molecule has 2 heterocycles. The van der Waals surface area contributed by atoms with Crippen LogP contribution >= 0.6 is 0 Å². The van der Waals surface area contributed by atoms with E-state index in [1.165, 1.54) is 0 Å². The maximum absolute atomic E-state index is 5.10. The van der Waals surface area contributed by atoms with Crippen molar-refractivity contribution in [1.29, 1.82) is 0 Å². The monoisotopic (exact) mass is 88.0 g/mol. The standard InChI is InChI=1S/C2H4N2O2/c3-1-2(4,5-1)6-1/h3-4H2. The molecule has 0 aromatic heterocycles. The van der Waals surface area contributed by atoms with Gasteiger partial charge in [-0.1, -0.05) is 0 Å². The number of ether oxygens (including phenoxy) is 2. The maximum atomic E-state index is 5.10. The van der Waals surface area contributed by atoms with Gasteiger partial charge in [-0.05, 0) is 0 Å². The van der Waals surface area contributed by atoms with E-state index < -0.39 is 11.8 Å². The molecule has 2 aliphatic rings. The molecule has 2 aliphatic heterocycles. The Labute approximate surface area is 34.0 Å². The van der Waals surface area contributed by atoms with E-state index in [0.717, 1.165) is 0 Å². The zero-order chi connectivity index (χ0) is 4.41. The number of epoxide rings is 2. The van der Waals surface area contributed by atoms with E-state index in [1.807, 2.05) is 0 Å². The summed E-state index contributed by atoms with van der Waals surface area (Å²) in [5.41, 5.74) is 10.2. The van der Waals surface area contributed by atoms with Gasteiger partial charge in [-0.2, -0.15) is 0 Å². The first kappa shape index (κ1) is 2.92. The highest BCUT2D eigenvalue weighted by Gasteiger charge is 2.89. The van der Waals surface area contributed by atoms with Gasteiger partial charge in [0.25, 0.3) is 0 Å². The molecule has 0 aromatic carbocycles. The Balaban J connectivity index is 2.34. The molecule has 0 saturated carbocycles. The molecule has 0 aliphatic carbocycles. The summed E-state index contributed by atoms with van der Waals surface area (Å²) in [7, 11) is 0. The third-order valence-corrected chi connectivity index (χ3v) is 1.01. The van der Waals surface area contributed by atoms with E-state index in [9.17, 15) is 0 Å². The van der Waals surface area contributed by atoms with Crippen molar-refractivity contribution in [3.8, 4) is 0 Å². The molecule has 0 spiro atoms. The van der Waals surface area contributed by atoms with Crippen molar-refractivity contribution in [2.24, 2.45) is 11.5 Å². The fourth-order valence-electron chi connectivity index (χ4n) is 0.407. The highest BCUT2D eigenvalue weighted by molar-refractivity contribution is 5.09. The molecule has 0 aromatic rings. The summed E-state index contributed by atoms with van der Waals surface area (Å²) < 4.78 is 9.03. The molecule has 4 N–H and O–H groups in total. The van der Waals surface area contributed by atoms with Crippen LogP contribution in [-0.2, 0) is 9.47 Å². The van der Waals surface area contributed by atoms with Crippen LogP contribution in [0.15, 0.2) is 0 Å². The highest BCUT2D eigenvalue weighted by atomic mass is 17.1. The topological polar surface area (TPSA) is 77.1 Å². The summed E-state index contributed by atoms with van der Waals surface area (Å²) >= 11 is 0. The molecular weight excluding hydrogens is 84.0 g/mol. The smallest absolute Gasteiger partial charge is 0.279 e. The first-order valence-corrected chi connectivity index (χ1v) is 1.64. The molecule has 0 radical (unpaired) electrons. The van der Waals surface area contributed by atoms with Crippen LogP contribution in [0.2, 0.25) is 0 Å². The van der Waals surface area contributed by atoms with Crippen molar-refractivity contribution < 1.29 is 9.47 Å². The first-order chi connectivity index (χ1) is 2.66. The molecule has 2 fully saturated rings. The molecule has 0 amide bonds. The number of fused-ring (bicyclic) bond motifs is 1. The predicted molar refractivity (Wildman–Crippen MR) is 16.0 cm³/mol. The summed E-state index contributed by atoms with van der Waals surface area (Å²) in [6.07, 6.45) is 0. The lowest BCUT2D eigenvalue weighted by molar-refractivity contribution is -0.0908. The summed E-state index contributed by atoms with van der Waals surface area (Å²) in [6.45, 7) is 0. The predicted octanol–water partition coefficient (Wildman–Crippen LogP) is -1.73. The van der Waals surface area contributed by atoms with Crippen LogP contribution in [-0.4, -0.2) is 11.8 Å². The molecule has 34 valence electrons. The van der Waals surface area contributed by atoms with Crippen molar-refractivity contribution in [2.45, 2.75) is 11.8 Å². The quantitative estimate of drug-likeness (QED) is 0.345. The van der Waals surface area contributed by atoms with E-state index in [4.69, 9.17) is 11.5 Å². The number of nitrogens with two attached hydrogens (primary N) is 2. The van der Waals surface area contributed by atoms with Gasteiger partial charge in [0.2, 0.25) is 0 Å². The fraction of sp³-hybridized carbons (Fsp3) is 1.00. The highest BCUT2D eigenvalue weighted by Crippen LogP contribution is 2.58. The van der Waals surface area contributed by atoms with Crippen LogP contribution in [0.1, 0.15) is 0 Å². The molecule has 0 bridgehead atoms. The first-order valence-electron chi connectivity index (χ1n) is 1.64. The molecule has 4 heteroatoms. The third kappa shape index (κ3) is 0.109. The Kier molecular flexibility index (Phi) is 0.182. The van der Waals surface area contributed by atoms with Gasteiger partial charge in [0.1, 0.15) is 0 Å². The maximum Gasteiger partial charge on any atom is 0.305 e. The van der Waals surface area contributed by atoms with E-state index in [1.54, 1.807) is 0 Å². The number of hydrogen-bond acceptors (Lipinski definition) is 4. The second kappa shape index (κ2) is 0.373. The lowest BCUT2D eigenvalue weighted by Crippen LogP contribution is -2.12. The van der Waals surface area contributed by atoms with Crippen LogP contribution < -0.4 is 11.5 Å². The Hall–Kier alpha value is -0.160. The molecule has 6 heavy (non-hydrogen) atoms. The molecule has 4 nitrogen and oxygen atoms in total. The molecular formula is C2H4N2O2. The Morgan fingerprint density at radius 2 is 1.17 bits per heavy atom. The van der Waals surface area contributed by atoms with Crippen LogP contribution in [0.5, 0.6) is 0 Å². The summed E-state index contributed by atoms with van der Waals surface area (Å²) in [5.74, 6) is -1.74. The third-order valence-electron chi connectivity index (χ3n) is 1.01. The summed E-state index contributed by atoms with van der Waals surface area (Å²) in [4.78, 5) is 0. The van der Waals surface area contributed by atoms with Gasteiger partial charge in [0.05, 0.1) is 0 Å². The van der Waals surface area contributed by atoms with E-state index in [-0.39, 0.29) is 0 Å². The van der Waals surface area contributed by atoms with Crippen molar-refractivity contribution in [2.75, 3.05) is 0 Å². The molecule has 2 saturated heterocycles. The second-order valence-corrected chi connectivity index (χ2v) is 1.54. The molecule has 0 unspecified atom stereocenters. The average molecular weight is 88.1 g/mol. The van der Waals surface area contributed by atoms with Gasteiger partial charge < -0.3 is 0 Å². The van der Waals surface area contributed by atoms with Crippen LogP contribution in [0.4, 0.5) is 0 Å². The van der Waals surface area contributed by atoms with Crippen LogP contribution in [0.3, 0.4) is 0 Å². The van der Waals surface area contributed by atoms with Gasteiger partial charge in [-0.3, -0.25) is 20.9 Å². The molecule has 2 rings (SSSR count). The van der Waals surface area contributed by atoms with Gasteiger partial charge >= 0.3 is 11.8 Å². The number of hydrogen-bond donors (Lipinski definition) is 2. The van der Waals surface area contributed by atoms with Crippen molar-refractivity contribution in [1.82, 2.24) is 0 Å². The van der Waals surface area contributed by atoms with Crippen molar-refractivity contribution in [3.05, 3.63) is 0 Å². The minimum atomic E-state index is -0.868. The Morgan fingerprint density at radius 1 is 1.00 bits per heavy atom. The van der Waals surface area contributed by atoms with Gasteiger partial charge in [0.15, 0.2) is 0 Å². The van der Waals surface area contributed by atoms with Gasteiger partial charge in [-0.15, -0.1) is 0 Å². The second-order valence-electron chi connectivity index (χ2n) is 1.54. The lowest BCUT2D eigenvalue weighted by atomic mass is 10.7. The van der Waals surface area contributed by atoms with Gasteiger partial charge in [0, 0.05) is 0 Å². The van der Waals surface area contributed by atoms with Crippen molar-refractivity contribution in [3.63, 3.8) is 0 Å². The van der Waals surface area contributed by atoms with Crippen LogP contribution in [0.25, 0.3) is 0 Å². The normalized spacial score (nSPS) is 73.0. The summed E-state index contributed by atoms with van der Waals surface area (Å²) in [6, 6.07) is 0.